The van der Waals surface area contributed by atoms with Crippen molar-refractivity contribution in [1.82, 2.24) is 16.0 Å². The Labute approximate surface area is 190 Å². The molecule has 3 amide bonds. The molecule has 0 bridgehead atoms. The zero-order valence-electron chi connectivity index (χ0n) is 17.0. The lowest BCUT2D eigenvalue weighted by Crippen LogP contribution is -2.57. The molecule has 172 valence electrons. The fourth-order valence-electron chi connectivity index (χ4n) is 2.48. The van der Waals surface area contributed by atoms with Gasteiger partial charge in [0.2, 0.25) is 17.7 Å². The van der Waals surface area contributed by atoms with Gasteiger partial charge in [-0.05, 0) is 36.1 Å². The summed E-state index contributed by atoms with van der Waals surface area (Å²) in [7, 11) is 0. The average molecular weight is 473 g/mol. The van der Waals surface area contributed by atoms with Gasteiger partial charge in [0, 0.05) is 12.2 Å². The largest absolute Gasteiger partial charge is 0.508 e. The SMILES string of the molecule is CSCCC(N)C(=O)NC(Cc1ccc(O)cc1)C(=O)NC(CS)C(=O)NCC(=O)O. The maximum Gasteiger partial charge on any atom is 0.322 e. The van der Waals surface area contributed by atoms with Gasteiger partial charge in [0.25, 0.3) is 0 Å². The summed E-state index contributed by atoms with van der Waals surface area (Å²) in [6, 6.07) is 3.16. The van der Waals surface area contributed by atoms with E-state index in [4.69, 9.17) is 10.8 Å². The number of carboxylic acid groups (broad SMARTS) is 1. The topological polar surface area (TPSA) is 171 Å². The molecule has 0 spiro atoms. The summed E-state index contributed by atoms with van der Waals surface area (Å²) in [6.07, 6.45) is 2.40. The summed E-state index contributed by atoms with van der Waals surface area (Å²) in [5.74, 6) is -2.45. The second-order valence-corrected chi connectivity index (χ2v) is 8.03. The van der Waals surface area contributed by atoms with E-state index in [2.05, 4.69) is 28.6 Å². The van der Waals surface area contributed by atoms with Crippen molar-refractivity contribution < 1.29 is 29.4 Å². The minimum Gasteiger partial charge on any atom is -0.508 e. The van der Waals surface area contributed by atoms with Crippen LogP contribution in [-0.2, 0) is 25.6 Å². The molecule has 0 saturated heterocycles. The maximum atomic E-state index is 12.8. The van der Waals surface area contributed by atoms with Crippen LogP contribution in [0.25, 0.3) is 0 Å². The van der Waals surface area contributed by atoms with Crippen molar-refractivity contribution in [1.29, 1.82) is 0 Å². The lowest BCUT2D eigenvalue weighted by atomic mass is 10.0. The van der Waals surface area contributed by atoms with Crippen LogP contribution >= 0.6 is 24.4 Å². The second-order valence-electron chi connectivity index (χ2n) is 6.68. The highest BCUT2D eigenvalue weighted by atomic mass is 32.2. The first kappa shape index (κ1) is 26.6. The number of nitrogens with one attached hydrogen (secondary N) is 3. The number of phenolic OH excluding ortho intramolecular Hbond substituents is 1. The van der Waals surface area contributed by atoms with Gasteiger partial charge >= 0.3 is 5.97 Å². The van der Waals surface area contributed by atoms with Crippen molar-refractivity contribution in [3.8, 4) is 5.75 Å². The number of carbonyl (C=O) groups is 4. The van der Waals surface area contributed by atoms with E-state index in [1.807, 2.05) is 6.26 Å². The summed E-state index contributed by atoms with van der Waals surface area (Å²) >= 11 is 5.57. The fraction of sp³-hybridized carbons (Fsp3) is 0.474. The van der Waals surface area contributed by atoms with Gasteiger partial charge in [-0.15, -0.1) is 0 Å². The molecule has 3 unspecified atom stereocenters. The van der Waals surface area contributed by atoms with E-state index in [0.29, 0.717) is 17.7 Å². The number of thiol groups is 1. The summed E-state index contributed by atoms with van der Waals surface area (Å²) in [5.41, 5.74) is 6.55. The predicted molar refractivity (Wildman–Crippen MR) is 121 cm³/mol. The zero-order valence-corrected chi connectivity index (χ0v) is 18.7. The van der Waals surface area contributed by atoms with E-state index in [0.717, 1.165) is 0 Å². The lowest BCUT2D eigenvalue weighted by Gasteiger charge is -2.23. The number of nitrogens with two attached hydrogens (primary N) is 1. The molecule has 3 atom stereocenters. The van der Waals surface area contributed by atoms with Crippen molar-refractivity contribution in [2.45, 2.75) is 31.0 Å². The molecule has 0 radical (unpaired) electrons. The third kappa shape index (κ3) is 9.94. The Morgan fingerprint density at radius 2 is 1.68 bits per heavy atom. The molecule has 0 aromatic heterocycles. The van der Waals surface area contributed by atoms with E-state index in [9.17, 15) is 24.3 Å². The number of benzene rings is 1. The van der Waals surface area contributed by atoms with Crippen LogP contribution in [-0.4, -0.2) is 76.3 Å². The van der Waals surface area contributed by atoms with E-state index < -0.39 is 48.4 Å². The molecule has 0 fully saturated rings. The molecular weight excluding hydrogens is 444 g/mol. The number of hydrogen-bond acceptors (Lipinski definition) is 8. The molecule has 7 N–H and O–H groups in total. The first-order chi connectivity index (χ1) is 14.7. The molecule has 1 aromatic carbocycles. The molecule has 0 saturated carbocycles. The Balaban J connectivity index is 2.92. The van der Waals surface area contributed by atoms with Crippen LogP contribution in [0.5, 0.6) is 5.75 Å². The van der Waals surface area contributed by atoms with Gasteiger partial charge < -0.3 is 31.9 Å². The molecule has 0 heterocycles. The van der Waals surface area contributed by atoms with Crippen LogP contribution in [0.1, 0.15) is 12.0 Å². The van der Waals surface area contributed by atoms with E-state index in [1.54, 1.807) is 23.9 Å². The zero-order chi connectivity index (χ0) is 23.4. The van der Waals surface area contributed by atoms with Gasteiger partial charge in [0.1, 0.15) is 24.4 Å². The summed E-state index contributed by atoms with van der Waals surface area (Å²) < 4.78 is 0. The first-order valence-electron chi connectivity index (χ1n) is 9.41. The Hall–Kier alpha value is -2.44. The van der Waals surface area contributed by atoms with Crippen LogP contribution in [0, 0.1) is 0 Å². The highest BCUT2D eigenvalue weighted by Gasteiger charge is 2.28. The molecule has 10 nitrogen and oxygen atoms in total. The molecule has 0 aliphatic heterocycles. The Bertz CT molecular complexity index is 762. The molecule has 12 heteroatoms. The Morgan fingerprint density at radius 3 is 2.23 bits per heavy atom. The number of aliphatic carboxylic acids is 1. The highest BCUT2D eigenvalue weighted by Crippen LogP contribution is 2.12. The van der Waals surface area contributed by atoms with Crippen molar-refractivity contribution in [2.24, 2.45) is 5.73 Å². The number of phenols is 1. The fourth-order valence-corrected chi connectivity index (χ4v) is 3.23. The van der Waals surface area contributed by atoms with E-state index >= 15 is 0 Å². The van der Waals surface area contributed by atoms with Crippen LogP contribution < -0.4 is 21.7 Å². The summed E-state index contributed by atoms with van der Waals surface area (Å²) in [6.45, 7) is -0.600. The summed E-state index contributed by atoms with van der Waals surface area (Å²) in [5, 5.41) is 25.4. The Morgan fingerprint density at radius 1 is 1.06 bits per heavy atom. The maximum absolute atomic E-state index is 12.8. The number of carbonyl (C=O) groups excluding carboxylic acids is 3. The minimum absolute atomic E-state index is 0.0538. The molecule has 1 rings (SSSR count). The van der Waals surface area contributed by atoms with Crippen molar-refractivity contribution in [3.63, 3.8) is 0 Å². The minimum atomic E-state index is -1.23. The quantitative estimate of drug-likeness (QED) is 0.181. The molecule has 0 aliphatic carbocycles. The highest BCUT2D eigenvalue weighted by molar-refractivity contribution is 7.98. The van der Waals surface area contributed by atoms with Gasteiger partial charge in [-0.2, -0.15) is 24.4 Å². The number of thioether (sulfide) groups is 1. The number of amides is 3. The molecule has 1 aromatic rings. The number of hydrogen-bond donors (Lipinski definition) is 7. The van der Waals surface area contributed by atoms with Crippen LogP contribution in [0.4, 0.5) is 0 Å². The Kier molecular flexibility index (Phi) is 11.8. The van der Waals surface area contributed by atoms with Gasteiger partial charge in [-0.3, -0.25) is 19.2 Å². The second kappa shape index (κ2) is 13.8. The van der Waals surface area contributed by atoms with Gasteiger partial charge in [0.05, 0.1) is 6.04 Å². The first-order valence-corrected chi connectivity index (χ1v) is 11.4. The number of rotatable bonds is 13. The standard InChI is InChI=1S/C19H28N4O6S2/c1-31-7-6-13(20)17(27)22-14(8-11-2-4-12(24)5-3-11)19(29)23-15(10-30)18(28)21-9-16(25)26/h2-5,13-15,24,30H,6-10,20H2,1H3,(H,21,28)(H,22,27)(H,23,29)(H,25,26). The number of carboxylic acids is 1. The van der Waals surface area contributed by atoms with Crippen LogP contribution in [0.2, 0.25) is 0 Å². The predicted octanol–water partition coefficient (Wildman–Crippen LogP) is -0.885. The summed E-state index contributed by atoms with van der Waals surface area (Å²) in [4.78, 5) is 48.0. The smallest absolute Gasteiger partial charge is 0.322 e. The van der Waals surface area contributed by atoms with Crippen molar-refractivity contribution >= 4 is 48.1 Å². The monoisotopic (exact) mass is 472 g/mol. The van der Waals surface area contributed by atoms with Crippen LogP contribution in [0.15, 0.2) is 24.3 Å². The molecular formula is C19H28N4O6S2. The van der Waals surface area contributed by atoms with E-state index in [1.165, 1.54) is 12.1 Å². The third-order valence-corrected chi connectivity index (χ3v) is 5.22. The molecule has 0 aliphatic rings. The van der Waals surface area contributed by atoms with Gasteiger partial charge in [-0.25, -0.2) is 0 Å². The average Bonchev–Trinajstić information content (AvgIpc) is 2.74. The van der Waals surface area contributed by atoms with Gasteiger partial charge in [0.15, 0.2) is 0 Å². The lowest BCUT2D eigenvalue weighted by molar-refractivity contribution is -0.138. The van der Waals surface area contributed by atoms with Gasteiger partial charge in [-0.1, -0.05) is 12.1 Å². The normalized spacial score (nSPS) is 13.5. The number of aromatic hydroxyl groups is 1. The third-order valence-electron chi connectivity index (χ3n) is 4.21. The van der Waals surface area contributed by atoms with Crippen LogP contribution in [0.3, 0.4) is 0 Å². The van der Waals surface area contributed by atoms with Crippen molar-refractivity contribution in [2.75, 3.05) is 24.3 Å². The van der Waals surface area contributed by atoms with E-state index in [-0.39, 0.29) is 17.9 Å². The van der Waals surface area contributed by atoms with Crippen molar-refractivity contribution in [3.05, 3.63) is 29.8 Å². The molecule has 31 heavy (non-hydrogen) atoms.